The Balaban J connectivity index is 1.35. The highest BCUT2D eigenvalue weighted by Gasteiger charge is 2.37. The van der Waals surface area contributed by atoms with Crippen molar-refractivity contribution in [1.82, 2.24) is 0 Å². The van der Waals surface area contributed by atoms with Gasteiger partial charge in [0.1, 0.15) is 0 Å². The first kappa shape index (κ1) is 25.0. The fourth-order valence-corrected chi connectivity index (χ4v) is 8.49. The van der Waals surface area contributed by atoms with E-state index in [1.165, 1.54) is 22.3 Å². The van der Waals surface area contributed by atoms with Gasteiger partial charge < -0.3 is 0 Å². The van der Waals surface area contributed by atoms with E-state index in [1.807, 2.05) is 42.5 Å². The molecule has 0 saturated carbocycles. The van der Waals surface area contributed by atoms with E-state index < -0.39 is 9.84 Å². The summed E-state index contributed by atoms with van der Waals surface area (Å²) < 4.78 is 28.0. The molecule has 0 N–H and O–H groups in total. The maximum atomic E-state index is 14.0. The SMILES string of the molecule is CC(C)(C)c1ccc2c(c1)S(=O)(=O)c1c(-c3cccc(-c4ccc5c(c4)-c4ccccc4C5(C)C)c3)cccc1-2. The van der Waals surface area contributed by atoms with Crippen LogP contribution in [-0.4, -0.2) is 8.42 Å². The fourth-order valence-electron chi connectivity index (χ4n) is 6.58. The summed E-state index contributed by atoms with van der Waals surface area (Å²) in [4.78, 5) is 0.830. The summed E-state index contributed by atoms with van der Waals surface area (Å²) in [5, 5.41) is 0. The van der Waals surface area contributed by atoms with Gasteiger partial charge in [0.2, 0.25) is 9.84 Å². The van der Waals surface area contributed by atoms with Gasteiger partial charge in [-0.15, -0.1) is 0 Å². The lowest BCUT2D eigenvalue weighted by molar-refractivity contribution is 0.585. The van der Waals surface area contributed by atoms with Gasteiger partial charge in [0.05, 0.1) is 9.79 Å². The Labute approximate surface area is 237 Å². The van der Waals surface area contributed by atoms with E-state index in [1.54, 1.807) is 0 Å². The third-order valence-corrected chi connectivity index (χ3v) is 10.7. The number of hydrogen-bond donors (Lipinski definition) is 0. The van der Waals surface area contributed by atoms with Gasteiger partial charge >= 0.3 is 0 Å². The largest absolute Gasteiger partial charge is 0.218 e. The van der Waals surface area contributed by atoms with Crippen molar-refractivity contribution in [2.45, 2.75) is 55.2 Å². The first-order chi connectivity index (χ1) is 19.0. The molecule has 5 aromatic carbocycles. The Hall–Kier alpha value is -3.95. The van der Waals surface area contributed by atoms with Gasteiger partial charge in [0.25, 0.3) is 0 Å². The van der Waals surface area contributed by atoms with Gasteiger partial charge in [0, 0.05) is 22.1 Å². The van der Waals surface area contributed by atoms with E-state index >= 15 is 0 Å². The molecule has 198 valence electrons. The van der Waals surface area contributed by atoms with E-state index in [9.17, 15) is 8.42 Å². The third-order valence-electron chi connectivity index (χ3n) is 8.80. The second-order valence-corrected chi connectivity index (χ2v) is 14.5. The molecular formula is C37H32O2S. The normalized spacial score (nSPS) is 15.7. The lowest BCUT2D eigenvalue weighted by Crippen LogP contribution is -2.14. The molecule has 2 aliphatic rings. The standard InChI is InChI=1S/C37H32O2S/c1-36(2,3)26-17-18-29-30-14-9-13-27(35(30)40(38,39)34(29)22-26)25-11-8-10-23(20-25)24-16-19-33-31(21-24)28-12-6-7-15-32(28)37(33,4)5/h6-22H,1-5H3. The van der Waals surface area contributed by atoms with Crippen LogP contribution in [0, 0.1) is 0 Å². The summed E-state index contributed by atoms with van der Waals surface area (Å²) >= 11 is 0. The number of hydrogen-bond acceptors (Lipinski definition) is 2. The average molecular weight is 541 g/mol. The summed E-state index contributed by atoms with van der Waals surface area (Å²) in [5.41, 5.74) is 11.5. The Morgan fingerprint density at radius 3 is 2.00 bits per heavy atom. The highest BCUT2D eigenvalue weighted by Crippen LogP contribution is 2.51. The van der Waals surface area contributed by atoms with Crippen molar-refractivity contribution in [2.24, 2.45) is 0 Å². The van der Waals surface area contributed by atoms with Crippen LogP contribution >= 0.6 is 0 Å². The van der Waals surface area contributed by atoms with Gasteiger partial charge in [-0.25, -0.2) is 8.42 Å². The molecule has 7 rings (SSSR count). The van der Waals surface area contributed by atoms with Crippen molar-refractivity contribution < 1.29 is 8.42 Å². The van der Waals surface area contributed by atoms with Crippen LogP contribution in [0.2, 0.25) is 0 Å². The smallest absolute Gasteiger partial charge is 0.208 e. The van der Waals surface area contributed by atoms with Crippen LogP contribution in [0.5, 0.6) is 0 Å². The Morgan fingerprint density at radius 1 is 0.550 bits per heavy atom. The minimum Gasteiger partial charge on any atom is -0.218 e. The molecule has 0 saturated heterocycles. The van der Waals surface area contributed by atoms with Crippen LogP contribution in [-0.2, 0) is 20.7 Å². The molecule has 0 bridgehead atoms. The summed E-state index contributed by atoms with van der Waals surface area (Å²) in [6.07, 6.45) is 0. The molecule has 5 aromatic rings. The first-order valence-corrected chi connectivity index (χ1v) is 15.3. The van der Waals surface area contributed by atoms with Crippen LogP contribution in [0.3, 0.4) is 0 Å². The van der Waals surface area contributed by atoms with E-state index in [0.717, 1.165) is 38.9 Å². The van der Waals surface area contributed by atoms with Gasteiger partial charge in [-0.1, -0.05) is 120 Å². The van der Waals surface area contributed by atoms with Crippen LogP contribution in [0.15, 0.2) is 113 Å². The molecule has 0 aromatic heterocycles. The van der Waals surface area contributed by atoms with E-state index in [4.69, 9.17) is 0 Å². The van der Waals surface area contributed by atoms with Crippen molar-refractivity contribution in [3.05, 3.63) is 120 Å². The van der Waals surface area contributed by atoms with E-state index in [2.05, 4.69) is 95.3 Å². The summed E-state index contributed by atoms with van der Waals surface area (Å²) in [5.74, 6) is 0. The molecular weight excluding hydrogens is 508 g/mol. The lowest BCUT2D eigenvalue weighted by Gasteiger charge is -2.21. The van der Waals surface area contributed by atoms with Crippen molar-refractivity contribution in [2.75, 3.05) is 0 Å². The molecule has 0 spiro atoms. The average Bonchev–Trinajstić information content (AvgIpc) is 3.32. The van der Waals surface area contributed by atoms with Gasteiger partial charge in [-0.2, -0.15) is 0 Å². The predicted molar refractivity (Wildman–Crippen MR) is 164 cm³/mol. The van der Waals surface area contributed by atoms with Crippen LogP contribution in [0.4, 0.5) is 0 Å². The highest BCUT2D eigenvalue weighted by molar-refractivity contribution is 7.92. The van der Waals surface area contributed by atoms with Gasteiger partial charge in [0.15, 0.2) is 0 Å². The Morgan fingerprint density at radius 2 is 1.20 bits per heavy atom. The van der Waals surface area contributed by atoms with Crippen LogP contribution in [0.25, 0.3) is 44.5 Å². The van der Waals surface area contributed by atoms with Gasteiger partial charge in [-0.3, -0.25) is 0 Å². The molecule has 0 fully saturated rings. The number of benzene rings is 5. The maximum absolute atomic E-state index is 14.0. The molecule has 3 heteroatoms. The molecule has 0 radical (unpaired) electrons. The Bertz CT molecular complexity index is 1970. The second-order valence-electron chi connectivity index (χ2n) is 12.7. The molecule has 1 heterocycles. The fraction of sp³-hybridized carbons (Fsp3) is 0.189. The van der Waals surface area contributed by atoms with Crippen molar-refractivity contribution >= 4 is 9.84 Å². The van der Waals surface area contributed by atoms with Gasteiger partial charge in [-0.05, 0) is 68.1 Å². The summed E-state index contributed by atoms with van der Waals surface area (Å²) in [7, 11) is -3.66. The topological polar surface area (TPSA) is 34.1 Å². The van der Waals surface area contributed by atoms with Crippen molar-refractivity contribution in [3.63, 3.8) is 0 Å². The predicted octanol–water partition coefficient (Wildman–Crippen LogP) is 9.44. The van der Waals surface area contributed by atoms with Crippen LogP contribution in [0.1, 0.15) is 51.3 Å². The molecule has 1 aliphatic carbocycles. The highest BCUT2D eigenvalue weighted by atomic mass is 32.2. The molecule has 40 heavy (non-hydrogen) atoms. The first-order valence-electron chi connectivity index (χ1n) is 13.9. The molecule has 0 unspecified atom stereocenters. The number of sulfone groups is 1. The molecule has 0 atom stereocenters. The summed E-state index contributed by atoms with van der Waals surface area (Å²) in [6.45, 7) is 10.9. The Kier molecular flexibility index (Phi) is 5.19. The quantitative estimate of drug-likeness (QED) is 0.219. The van der Waals surface area contributed by atoms with E-state index in [0.29, 0.717) is 9.79 Å². The molecule has 2 nitrogen and oxygen atoms in total. The maximum Gasteiger partial charge on any atom is 0.208 e. The van der Waals surface area contributed by atoms with Crippen molar-refractivity contribution in [1.29, 1.82) is 0 Å². The minimum atomic E-state index is -3.66. The third kappa shape index (κ3) is 3.50. The lowest BCUT2D eigenvalue weighted by atomic mass is 9.82. The second kappa shape index (κ2) is 8.28. The van der Waals surface area contributed by atoms with E-state index in [-0.39, 0.29) is 10.8 Å². The van der Waals surface area contributed by atoms with Crippen molar-refractivity contribution in [3.8, 4) is 44.5 Å². The number of rotatable bonds is 2. The number of fused-ring (bicyclic) bond motifs is 6. The molecule has 1 aliphatic heterocycles. The zero-order valence-electron chi connectivity index (χ0n) is 23.5. The monoisotopic (exact) mass is 540 g/mol. The molecule has 0 amide bonds. The zero-order valence-corrected chi connectivity index (χ0v) is 24.4. The van der Waals surface area contributed by atoms with Crippen LogP contribution < -0.4 is 0 Å². The minimum absolute atomic E-state index is 0.0346. The zero-order chi connectivity index (χ0) is 28.0. The summed E-state index contributed by atoms with van der Waals surface area (Å²) in [6, 6.07) is 35.4.